The molecule has 43 heavy (non-hydrogen) atoms. The molecule has 1 aliphatic carbocycles. The number of halogens is 3. The van der Waals surface area contributed by atoms with E-state index in [1.165, 1.54) is 12.1 Å². The maximum absolute atomic E-state index is 13.0. The van der Waals surface area contributed by atoms with Crippen molar-refractivity contribution >= 4 is 23.5 Å². The van der Waals surface area contributed by atoms with Gasteiger partial charge >= 0.3 is 12.2 Å². The Morgan fingerprint density at radius 2 is 1.81 bits per heavy atom. The van der Waals surface area contributed by atoms with Crippen molar-refractivity contribution in [3.8, 4) is 0 Å². The maximum Gasteiger partial charge on any atom is 0.416 e. The van der Waals surface area contributed by atoms with Gasteiger partial charge in [0.15, 0.2) is 0 Å². The quantitative estimate of drug-likeness (QED) is 0.470. The second-order valence-electron chi connectivity index (χ2n) is 11.8. The van der Waals surface area contributed by atoms with Crippen molar-refractivity contribution in [2.45, 2.75) is 68.4 Å². The number of benzene rings is 1. The number of nitrogens with zero attached hydrogens (tertiary/aromatic N) is 4. The predicted octanol–water partition coefficient (Wildman–Crippen LogP) is 2.87. The molecule has 1 aromatic carbocycles. The van der Waals surface area contributed by atoms with Crippen LogP contribution in [-0.2, 0) is 16.6 Å². The first-order valence-corrected chi connectivity index (χ1v) is 14.8. The lowest BCUT2D eigenvalue weighted by Gasteiger charge is -2.41. The number of pyridine rings is 1. The van der Waals surface area contributed by atoms with Gasteiger partial charge in [-0.3, -0.25) is 24.4 Å². The standard InChI is InChI=1S/C30H35F3N6O4/c31-30(32,33)20-3-1-2-19(16-20)27(41)36-18-26(40)39-14-9-23-24(39)8-13-37(23)21-6-10-29(43,11-7-21)25-5-4-22(17-35-25)38-15-12-34-28(38)42/h1-5,16-17,21,23-24,43H,6-15,18H2,(H,34,42)(H,36,41)/t21?,23-,24-,29?/m0/s1. The number of alkyl halides is 3. The minimum Gasteiger partial charge on any atom is -0.384 e. The summed E-state index contributed by atoms with van der Waals surface area (Å²) in [5.74, 6) is -0.961. The summed E-state index contributed by atoms with van der Waals surface area (Å²) < 4.78 is 39.0. The second kappa shape index (κ2) is 11.4. The lowest BCUT2D eigenvalue weighted by molar-refractivity contribution is -0.137. The average Bonchev–Trinajstić information content (AvgIpc) is 3.73. The second-order valence-corrected chi connectivity index (χ2v) is 11.8. The summed E-state index contributed by atoms with van der Waals surface area (Å²) >= 11 is 0. The molecule has 4 heterocycles. The summed E-state index contributed by atoms with van der Waals surface area (Å²) in [6, 6.07) is 8.13. The van der Waals surface area contributed by atoms with E-state index in [4.69, 9.17) is 0 Å². The molecule has 4 fully saturated rings. The normalized spacial score (nSPS) is 27.7. The van der Waals surface area contributed by atoms with Gasteiger partial charge < -0.3 is 20.6 Å². The zero-order valence-corrected chi connectivity index (χ0v) is 23.6. The molecule has 1 saturated carbocycles. The molecule has 0 spiro atoms. The number of aliphatic hydroxyl groups is 1. The summed E-state index contributed by atoms with van der Waals surface area (Å²) in [6.07, 6.45) is 1.41. The van der Waals surface area contributed by atoms with Crippen LogP contribution in [0, 0.1) is 0 Å². The fraction of sp³-hybridized carbons (Fsp3) is 0.533. The van der Waals surface area contributed by atoms with Gasteiger partial charge in [0.2, 0.25) is 5.91 Å². The van der Waals surface area contributed by atoms with Crippen LogP contribution in [0.15, 0.2) is 42.6 Å². The van der Waals surface area contributed by atoms with Crippen LogP contribution in [0.3, 0.4) is 0 Å². The van der Waals surface area contributed by atoms with E-state index >= 15 is 0 Å². The topological polar surface area (TPSA) is 118 Å². The molecule has 1 aromatic heterocycles. The highest BCUT2D eigenvalue weighted by atomic mass is 19.4. The Morgan fingerprint density at radius 1 is 1.05 bits per heavy atom. The van der Waals surface area contributed by atoms with Crippen molar-refractivity contribution in [1.29, 1.82) is 0 Å². The van der Waals surface area contributed by atoms with Crippen LogP contribution in [0.5, 0.6) is 0 Å². The number of hydrogen-bond acceptors (Lipinski definition) is 6. The minimum atomic E-state index is -4.56. The van der Waals surface area contributed by atoms with Gasteiger partial charge in [-0.2, -0.15) is 13.2 Å². The summed E-state index contributed by atoms with van der Waals surface area (Å²) in [4.78, 5) is 47.9. The Kier molecular flexibility index (Phi) is 7.80. The van der Waals surface area contributed by atoms with Gasteiger partial charge in [-0.1, -0.05) is 6.07 Å². The number of hydrogen-bond donors (Lipinski definition) is 3. The first kappa shape index (κ1) is 29.4. The number of aromatic nitrogens is 1. The molecule has 6 rings (SSSR count). The molecule has 0 unspecified atom stereocenters. The Morgan fingerprint density at radius 3 is 2.49 bits per heavy atom. The number of likely N-dealkylation sites (tertiary alicyclic amines) is 2. The zero-order valence-electron chi connectivity index (χ0n) is 23.6. The lowest BCUT2D eigenvalue weighted by Crippen LogP contribution is -2.47. The van der Waals surface area contributed by atoms with E-state index in [1.54, 1.807) is 22.1 Å². The third-order valence-corrected chi connectivity index (χ3v) is 9.44. The highest BCUT2D eigenvalue weighted by molar-refractivity contribution is 5.96. The van der Waals surface area contributed by atoms with Crippen LogP contribution in [0.25, 0.3) is 0 Å². The van der Waals surface area contributed by atoms with Crippen molar-refractivity contribution in [2.75, 3.05) is 37.6 Å². The molecule has 10 nitrogen and oxygen atoms in total. The maximum atomic E-state index is 13.0. The van der Waals surface area contributed by atoms with Crippen molar-refractivity contribution in [3.63, 3.8) is 0 Å². The van der Waals surface area contributed by atoms with E-state index in [0.29, 0.717) is 43.9 Å². The van der Waals surface area contributed by atoms with Gasteiger partial charge in [0.05, 0.1) is 29.7 Å². The summed E-state index contributed by atoms with van der Waals surface area (Å²) in [6.45, 7) is 2.30. The van der Waals surface area contributed by atoms with E-state index in [0.717, 1.165) is 44.4 Å². The summed E-state index contributed by atoms with van der Waals surface area (Å²) in [5, 5.41) is 16.7. The number of carbonyl (C=O) groups excluding carboxylic acids is 3. The molecule has 230 valence electrons. The molecule has 4 amide bonds. The number of rotatable bonds is 6. The molecule has 0 bridgehead atoms. The van der Waals surface area contributed by atoms with Crippen molar-refractivity contribution in [3.05, 3.63) is 59.4 Å². The van der Waals surface area contributed by atoms with Crippen LogP contribution >= 0.6 is 0 Å². The van der Waals surface area contributed by atoms with Crippen LogP contribution in [0.4, 0.5) is 23.7 Å². The number of amides is 4. The van der Waals surface area contributed by atoms with Crippen LogP contribution in [-0.4, -0.2) is 88.6 Å². The first-order chi connectivity index (χ1) is 20.5. The van der Waals surface area contributed by atoms with Gasteiger partial charge in [-0.15, -0.1) is 0 Å². The average molecular weight is 601 g/mol. The van der Waals surface area contributed by atoms with E-state index in [9.17, 15) is 32.7 Å². The van der Waals surface area contributed by atoms with Gasteiger partial charge in [0, 0.05) is 49.9 Å². The van der Waals surface area contributed by atoms with Gasteiger partial charge in [-0.25, -0.2) is 4.79 Å². The van der Waals surface area contributed by atoms with E-state index in [-0.39, 0.29) is 42.2 Å². The predicted molar refractivity (Wildman–Crippen MR) is 150 cm³/mol. The smallest absolute Gasteiger partial charge is 0.384 e. The van der Waals surface area contributed by atoms with Crippen LogP contribution < -0.4 is 15.5 Å². The van der Waals surface area contributed by atoms with Crippen LogP contribution in [0.1, 0.15) is 60.1 Å². The number of anilines is 1. The molecule has 3 N–H and O–H groups in total. The molecule has 0 radical (unpaired) electrons. The molecular formula is C30H35F3N6O4. The third-order valence-electron chi connectivity index (χ3n) is 9.44. The van der Waals surface area contributed by atoms with Crippen molar-refractivity contribution in [2.24, 2.45) is 0 Å². The fourth-order valence-corrected chi connectivity index (χ4v) is 7.19. The number of fused-ring (bicyclic) bond motifs is 1. The Balaban J connectivity index is 1.01. The highest BCUT2D eigenvalue weighted by Crippen LogP contribution is 2.42. The van der Waals surface area contributed by atoms with Crippen molar-refractivity contribution < 1.29 is 32.7 Å². The SMILES string of the molecule is O=C(NCC(=O)N1CC[C@H]2[C@@H]1CCN2C1CCC(O)(c2ccc(N3CCNC3=O)cn2)CC1)c1cccc(C(F)(F)F)c1. The first-order valence-electron chi connectivity index (χ1n) is 14.8. The van der Waals surface area contributed by atoms with Gasteiger partial charge in [0.25, 0.3) is 5.91 Å². The van der Waals surface area contributed by atoms with E-state index < -0.39 is 23.2 Å². The Hall–Kier alpha value is -3.71. The molecule has 3 aliphatic heterocycles. The third kappa shape index (κ3) is 5.79. The number of nitrogens with one attached hydrogen (secondary N) is 2. The van der Waals surface area contributed by atoms with E-state index in [2.05, 4.69) is 20.5 Å². The lowest BCUT2D eigenvalue weighted by atomic mass is 9.79. The van der Waals surface area contributed by atoms with Crippen molar-refractivity contribution in [1.82, 2.24) is 25.4 Å². The summed E-state index contributed by atoms with van der Waals surface area (Å²) in [7, 11) is 0. The monoisotopic (exact) mass is 600 g/mol. The molecule has 2 aromatic rings. The molecule has 3 saturated heterocycles. The summed E-state index contributed by atoms with van der Waals surface area (Å²) in [5.41, 5.74) is -0.774. The largest absolute Gasteiger partial charge is 0.416 e. The highest BCUT2D eigenvalue weighted by Gasteiger charge is 2.48. The Labute approximate surface area is 247 Å². The molecule has 4 aliphatic rings. The molecule has 13 heteroatoms. The number of carbonyl (C=O) groups is 3. The van der Waals surface area contributed by atoms with Crippen LogP contribution in [0.2, 0.25) is 0 Å². The van der Waals surface area contributed by atoms with E-state index in [1.807, 2.05) is 6.07 Å². The molecule has 2 atom stereocenters. The Bertz CT molecular complexity index is 1380. The van der Waals surface area contributed by atoms with Gasteiger partial charge in [0.1, 0.15) is 5.60 Å². The molecular weight excluding hydrogens is 565 g/mol. The minimum absolute atomic E-state index is 0.0239. The van der Waals surface area contributed by atoms with Gasteiger partial charge in [-0.05, 0) is 68.9 Å². The number of urea groups is 1. The fourth-order valence-electron chi connectivity index (χ4n) is 7.19. The zero-order chi connectivity index (χ0) is 30.4.